The molecular weight excluding hydrogens is 368 g/mol. The molecule has 142 valence electrons. The molecular formula is C15H25ClN4O4S. The summed E-state index contributed by atoms with van der Waals surface area (Å²) in [6.07, 6.45) is 3.58. The molecule has 1 N–H and O–H groups in total. The maximum absolute atomic E-state index is 12.1. The van der Waals surface area contributed by atoms with E-state index in [1.807, 2.05) is 0 Å². The van der Waals surface area contributed by atoms with Crippen LogP contribution in [0.25, 0.3) is 0 Å². The highest BCUT2D eigenvalue weighted by Gasteiger charge is 2.43. The van der Waals surface area contributed by atoms with Gasteiger partial charge in [-0.05, 0) is 24.7 Å². The van der Waals surface area contributed by atoms with Gasteiger partial charge in [0.1, 0.15) is 9.84 Å². The molecule has 0 aromatic carbocycles. The molecule has 25 heavy (non-hydrogen) atoms. The maximum atomic E-state index is 12.1. The van der Waals surface area contributed by atoms with E-state index in [9.17, 15) is 13.2 Å². The minimum Gasteiger partial charge on any atom is -0.352 e. The first-order chi connectivity index (χ1) is 11.3. The van der Waals surface area contributed by atoms with E-state index in [4.69, 9.17) is 4.52 Å². The van der Waals surface area contributed by atoms with Crippen molar-refractivity contribution in [3.05, 3.63) is 11.7 Å². The SMILES string of the molecule is Cc1nc(CN2C[C@H](NC(=O)CCS(C)(=O)=O)[C@@H](C3CC3)C2)no1.Cl. The maximum Gasteiger partial charge on any atom is 0.223 e. The fraction of sp³-hybridized carbons (Fsp3) is 0.800. The number of hydrogen-bond acceptors (Lipinski definition) is 7. The average Bonchev–Trinajstić information content (AvgIpc) is 3.14. The second-order valence-corrected chi connectivity index (χ2v) is 9.24. The van der Waals surface area contributed by atoms with Gasteiger partial charge in [0.05, 0.1) is 12.3 Å². The lowest BCUT2D eigenvalue weighted by molar-refractivity contribution is -0.121. The van der Waals surface area contributed by atoms with Crippen LogP contribution in [0.1, 0.15) is 31.0 Å². The van der Waals surface area contributed by atoms with Crippen molar-refractivity contribution in [1.29, 1.82) is 0 Å². The van der Waals surface area contributed by atoms with E-state index >= 15 is 0 Å². The molecule has 1 aromatic heterocycles. The highest BCUT2D eigenvalue weighted by atomic mass is 35.5. The van der Waals surface area contributed by atoms with Crippen molar-refractivity contribution in [2.75, 3.05) is 25.1 Å². The Balaban J connectivity index is 0.00000225. The number of nitrogens with one attached hydrogen (secondary N) is 1. The monoisotopic (exact) mass is 392 g/mol. The highest BCUT2D eigenvalue weighted by Crippen LogP contribution is 2.41. The molecule has 2 fully saturated rings. The van der Waals surface area contributed by atoms with E-state index in [0.29, 0.717) is 30.1 Å². The minimum absolute atomic E-state index is 0. The molecule has 0 unspecified atom stereocenters. The lowest BCUT2D eigenvalue weighted by atomic mass is 9.98. The lowest BCUT2D eigenvalue weighted by Gasteiger charge is -2.19. The van der Waals surface area contributed by atoms with Crippen molar-refractivity contribution >= 4 is 28.2 Å². The Kier molecular flexibility index (Phi) is 6.45. The molecule has 2 atom stereocenters. The summed E-state index contributed by atoms with van der Waals surface area (Å²) in [4.78, 5) is 18.5. The summed E-state index contributed by atoms with van der Waals surface area (Å²) in [5, 5.41) is 6.96. The van der Waals surface area contributed by atoms with Crippen molar-refractivity contribution < 1.29 is 17.7 Å². The number of aryl methyl sites for hydroxylation is 1. The van der Waals surface area contributed by atoms with Gasteiger partial charge < -0.3 is 9.84 Å². The largest absolute Gasteiger partial charge is 0.352 e. The zero-order valence-electron chi connectivity index (χ0n) is 14.5. The summed E-state index contributed by atoms with van der Waals surface area (Å²) in [5.41, 5.74) is 0. The molecule has 0 bridgehead atoms. The molecule has 1 saturated heterocycles. The van der Waals surface area contributed by atoms with Crippen LogP contribution in [0, 0.1) is 18.8 Å². The lowest BCUT2D eigenvalue weighted by Crippen LogP contribution is -2.41. The summed E-state index contributed by atoms with van der Waals surface area (Å²) >= 11 is 0. The molecule has 0 spiro atoms. The zero-order chi connectivity index (χ0) is 17.3. The van der Waals surface area contributed by atoms with Crippen molar-refractivity contribution in [1.82, 2.24) is 20.4 Å². The number of carbonyl (C=O) groups is 1. The highest BCUT2D eigenvalue weighted by molar-refractivity contribution is 7.90. The third-order valence-electron chi connectivity index (χ3n) is 4.65. The Morgan fingerprint density at radius 3 is 2.64 bits per heavy atom. The molecule has 0 radical (unpaired) electrons. The summed E-state index contributed by atoms with van der Waals surface area (Å²) in [6, 6.07) is 0.0672. The van der Waals surface area contributed by atoms with Gasteiger partial charge in [0.25, 0.3) is 0 Å². The number of hydrogen-bond donors (Lipinski definition) is 1. The van der Waals surface area contributed by atoms with Crippen LogP contribution in [0.5, 0.6) is 0 Å². The molecule has 1 saturated carbocycles. The van der Waals surface area contributed by atoms with Gasteiger partial charge in [0.2, 0.25) is 11.8 Å². The van der Waals surface area contributed by atoms with Gasteiger partial charge in [-0.2, -0.15) is 4.98 Å². The van der Waals surface area contributed by atoms with Crippen LogP contribution in [0.15, 0.2) is 4.52 Å². The minimum atomic E-state index is -3.12. The number of amides is 1. The number of sulfone groups is 1. The van der Waals surface area contributed by atoms with Crippen LogP contribution < -0.4 is 5.32 Å². The van der Waals surface area contributed by atoms with Crippen LogP contribution in [0.3, 0.4) is 0 Å². The quantitative estimate of drug-likeness (QED) is 0.722. The second kappa shape index (κ2) is 8.01. The van der Waals surface area contributed by atoms with E-state index in [1.54, 1.807) is 6.92 Å². The summed E-state index contributed by atoms with van der Waals surface area (Å²) < 4.78 is 27.4. The zero-order valence-corrected chi connectivity index (χ0v) is 16.1. The second-order valence-electron chi connectivity index (χ2n) is 6.98. The van der Waals surface area contributed by atoms with Gasteiger partial charge >= 0.3 is 0 Å². The van der Waals surface area contributed by atoms with E-state index in [0.717, 1.165) is 19.3 Å². The van der Waals surface area contributed by atoms with Crippen LogP contribution in [0.2, 0.25) is 0 Å². The van der Waals surface area contributed by atoms with Crippen LogP contribution in [-0.4, -0.2) is 60.5 Å². The molecule has 8 nitrogen and oxygen atoms in total. The van der Waals surface area contributed by atoms with Gasteiger partial charge in [0, 0.05) is 38.7 Å². The van der Waals surface area contributed by atoms with Gasteiger partial charge in [-0.15, -0.1) is 12.4 Å². The standard InChI is InChI=1S/C15H24N4O4S.ClH/c1-10-16-14(18-23-10)9-19-7-12(11-3-4-11)13(8-19)17-15(20)5-6-24(2,21)22;/h11-13H,3-9H2,1-2H3,(H,17,20);1H/t12-,13+;/m1./s1. The topological polar surface area (TPSA) is 105 Å². The molecule has 1 aliphatic carbocycles. The predicted octanol–water partition coefficient (Wildman–Crippen LogP) is 0.561. The molecule has 1 amide bonds. The number of likely N-dealkylation sites (tertiary alicyclic amines) is 1. The van der Waals surface area contributed by atoms with Crippen molar-refractivity contribution in [3.8, 4) is 0 Å². The Morgan fingerprint density at radius 2 is 2.08 bits per heavy atom. The first-order valence-electron chi connectivity index (χ1n) is 8.29. The molecule has 1 aromatic rings. The van der Waals surface area contributed by atoms with E-state index in [2.05, 4.69) is 20.4 Å². The van der Waals surface area contributed by atoms with Crippen molar-refractivity contribution in [2.45, 2.75) is 38.8 Å². The van der Waals surface area contributed by atoms with Crippen LogP contribution in [-0.2, 0) is 21.2 Å². The van der Waals surface area contributed by atoms with E-state index in [-0.39, 0.29) is 36.5 Å². The predicted molar refractivity (Wildman–Crippen MR) is 94.0 cm³/mol. The first kappa shape index (κ1) is 20.1. The summed E-state index contributed by atoms with van der Waals surface area (Å²) in [7, 11) is -3.12. The molecule has 10 heteroatoms. The number of aromatic nitrogens is 2. The normalized spacial score (nSPS) is 24.1. The fourth-order valence-electron chi connectivity index (χ4n) is 3.36. The number of halogens is 1. The first-order valence-corrected chi connectivity index (χ1v) is 10.3. The smallest absolute Gasteiger partial charge is 0.223 e. The van der Waals surface area contributed by atoms with Crippen molar-refractivity contribution in [2.24, 2.45) is 11.8 Å². The summed E-state index contributed by atoms with van der Waals surface area (Å²) in [5.74, 6) is 1.99. The van der Waals surface area contributed by atoms with Gasteiger partial charge in [0.15, 0.2) is 5.82 Å². The summed E-state index contributed by atoms with van der Waals surface area (Å²) in [6.45, 7) is 4.00. The Morgan fingerprint density at radius 1 is 1.36 bits per heavy atom. The molecule has 2 aliphatic rings. The third kappa shape index (κ3) is 5.93. The Labute approximate surface area is 154 Å². The van der Waals surface area contributed by atoms with Gasteiger partial charge in [-0.25, -0.2) is 8.42 Å². The van der Waals surface area contributed by atoms with E-state index < -0.39 is 9.84 Å². The number of nitrogens with zero attached hydrogens (tertiary/aromatic N) is 3. The van der Waals surface area contributed by atoms with Gasteiger partial charge in [-0.1, -0.05) is 5.16 Å². The van der Waals surface area contributed by atoms with Crippen molar-refractivity contribution in [3.63, 3.8) is 0 Å². The Bertz CT molecular complexity index is 704. The Hall–Kier alpha value is -1.19. The fourth-order valence-corrected chi connectivity index (χ4v) is 3.92. The number of rotatable bonds is 7. The average molecular weight is 393 g/mol. The van der Waals surface area contributed by atoms with E-state index in [1.165, 1.54) is 12.8 Å². The number of carbonyl (C=O) groups excluding carboxylic acids is 1. The molecule has 1 aliphatic heterocycles. The third-order valence-corrected chi connectivity index (χ3v) is 5.59. The molecule has 2 heterocycles. The molecule has 3 rings (SSSR count). The van der Waals surface area contributed by atoms with Crippen LogP contribution >= 0.6 is 12.4 Å². The van der Waals surface area contributed by atoms with Gasteiger partial charge in [-0.3, -0.25) is 9.69 Å². The van der Waals surface area contributed by atoms with Crippen LogP contribution in [0.4, 0.5) is 0 Å².